The summed E-state index contributed by atoms with van der Waals surface area (Å²) in [6.07, 6.45) is -0.183. The van der Waals surface area contributed by atoms with Crippen molar-refractivity contribution in [2.24, 2.45) is 0 Å². The zero-order valence-corrected chi connectivity index (χ0v) is 10.1. The Bertz CT molecular complexity index is 514. The Labute approximate surface area is 108 Å². The Morgan fingerprint density at radius 2 is 2.16 bits per heavy atom. The third kappa shape index (κ3) is 3.95. The molecule has 0 fully saturated rings. The number of nitrogens with zero attached hydrogens (tertiary/aromatic N) is 1. The van der Waals surface area contributed by atoms with Crippen LogP contribution in [-0.2, 0) is 4.74 Å². The van der Waals surface area contributed by atoms with Crippen LogP contribution in [0.4, 0.5) is 16.2 Å². The second-order valence-electron chi connectivity index (χ2n) is 3.55. The Kier molecular flexibility index (Phi) is 4.81. The fourth-order valence-corrected chi connectivity index (χ4v) is 1.27. The third-order valence-electron chi connectivity index (χ3n) is 2.12. The number of carbonyl (C=O) groups is 2. The third-order valence-corrected chi connectivity index (χ3v) is 2.12. The maximum atomic E-state index is 11.3. The number of nitro benzene ring substituents is 1. The van der Waals surface area contributed by atoms with Gasteiger partial charge in [-0.3, -0.25) is 15.4 Å². The van der Waals surface area contributed by atoms with Crippen molar-refractivity contribution in [3.63, 3.8) is 0 Å². The highest BCUT2D eigenvalue weighted by Gasteiger charge is 2.17. The van der Waals surface area contributed by atoms with E-state index in [4.69, 9.17) is 9.84 Å². The number of rotatable bonds is 5. The van der Waals surface area contributed by atoms with Gasteiger partial charge >= 0.3 is 12.1 Å². The van der Waals surface area contributed by atoms with E-state index >= 15 is 0 Å². The number of aromatic carboxylic acids is 1. The fraction of sp³-hybridized carbons (Fsp3) is 0.273. The van der Waals surface area contributed by atoms with Crippen LogP contribution in [0.25, 0.3) is 0 Å². The summed E-state index contributed by atoms with van der Waals surface area (Å²) in [6, 6.07) is 3.12. The highest BCUT2D eigenvalue weighted by molar-refractivity contribution is 5.99. The molecule has 102 valence electrons. The molecule has 0 saturated carbocycles. The summed E-state index contributed by atoms with van der Waals surface area (Å²) in [6.45, 7) is 2.00. The summed E-state index contributed by atoms with van der Waals surface area (Å²) >= 11 is 0. The lowest BCUT2D eigenvalue weighted by molar-refractivity contribution is -0.384. The van der Waals surface area contributed by atoms with Crippen molar-refractivity contribution in [1.29, 1.82) is 0 Å². The number of carbonyl (C=O) groups excluding carboxylic acids is 1. The van der Waals surface area contributed by atoms with Gasteiger partial charge in [-0.15, -0.1) is 0 Å². The molecule has 19 heavy (non-hydrogen) atoms. The molecule has 1 amide bonds. The largest absolute Gasteiger partial charge is 0.478 e. The summed E-state index contributed by atoms with van der Waals surface area (Å²) in [4.78, 5) is 32.1. The van der Waals surface area contributed by atoms with E-state index in [1.54, 1.807) is 0 Å². The van der Waals surface area contributed by atoms with Gasteiger partial charge in [0.1, 0.15) is 0 Å². The van der Waals surface area contributed by atoms with E-state index in [9.17, 15) is 19.7 Å². The number of hydrogen-bond acceptors (Lipinski definition) is 5. The van der Waals surface area contributed by atoms with Gasteiger partial charge in [-0.05, 0) is 12.5 Å². The number of nitrogens with one attached hydrogen (secondary N) is 1. The van der Waals surface area contributed by atoms with E-state index in [0.717, 1.165) is 18.2 Å². The highest BCUT2D eigenvalue weighted by atomic mass is 16.6. The molecule has 8 heteroatoms. The minimum absolute atomic E-state index is 0.0563. The lowest BCUT2D eigenvalue weighted by atomic mass is 10.1. The van der Waals surface area contributed by atoms with Gasteiger partial charge in [-0.2, -0.15) is 0 Å². The van der Waals surface area contributed by atoms with Crippen molar-refractivity contribution < 1.29 is 24.4 Å². The maximum absolute atomic E-state index is 11.3. The average Bonchev–Trinajstić information content (AvgIpc) is 2.36. The number of non-ortho nitro benzene ring substituents is 1. The SMILES string of the molecule is CCCOC(=O)Nc1ccc([N+](=O)[O-])cc1C(=O)O. The van der Waals surface area contributed by atoms with Crippen LogP contribution >= 0.6 is 0 Å². The number of benzene rings is 1. The molecule has 0 saturated heterocycles. The monoisotopic (exact) mass is 268 g/mol. The van der Waals surface area contributed by atoms with Gasteiger partial charge in [0, 0.05) is 12.1 Å². The van der Waals surface area contributed by atoms with Gasteiger partial charge in [-0.1, -0.05) is 6.92 Å². The predicted octanol–water partition coefficient (Wildman–Crippen LogP) is 2.25. The number of anilines is 1. The lowest BCUT2D eigenvalue weighted by Gasteiger charge is -2.08. The van der Waals surface area contributed by atoms with Crippen molar-refractivity contribution in [1.82, 2.24) is 0 Å². The van der Waals surface area contributed by atoms with Gasteiger partial charge < -0.3 is 9.84 Å². The molecule has 0 unspecified atom stereocenters. The Morgan fingerprint density at radius 3 is 2.68 bits per heavy atom. The van der Waals surface area contributed by atoms with Crippen molar-refractivity contribution in [3.8, 4) is 0 Å². The molecule has 1 rings (SSSR count). The summed E-state index contributed by atoms with van der Waals surface area (Å²) in [5, 5.41) is 21.7. The quantitative estimate of drug-likeness (QED) is 0.624. The molecule has 0 spiro atoms. The molecule has 1 aromatic rings. The molecule has 1 aromatic carbocycles. The number of amides is 1. The Balaban J connectivity index is 2.97. The van der Waals surface area contributed by atoms with Gasteiger partial charge in [0.05, 0.1) is 22.8 Å². The second-order valence-corrected chi connectivity index (χ2v) is 3.55. The van der Waals surface area contributed by atoms with Crippen molar-refractivity contribution in [2.45, 2.75) is 13.3 Å². The normalized spacial score (nSPS) is 9.74. The van der Waals surface area contributed by atoms with Crippen molar-refractivity contribution in [2.75, 3.05) is 11.9 Å². The van der Waals surface area contributed by atoms with Crippen LogP contribution in [0.15, 0.2) is 18.2 Å². The standard InChI is InChI=1S/C11H12N2O6/c1-2-5-19-11(16)12-9-4-3-7(13(17)18)6-8(9)10(14)15/h3-4,6H,2,5H2,1H3,(H,12,16)(H,14,15). The molecule has 0 aliphatic rings. The predicted molar refractivity (Wildman–Crippen MR) is 65.3 cm³/mol. The molecule has 0 heterocycles. The minimum atomic E-state index is -1.38. The van der Waals surface area contributed by atoms with Crippen LogP contribution in [0.1, 0.15) is 23.7 Å². The minimum Gasteiger partial charge on any atom is -0.478 e. The second kappa shape index (κ2) is 6.34. The first-order valence-electron chi connectivity index (χ1n) is 5.41. The number of nitro groups is 1. The molecule has 2 N–H and O–H groups in total. The molecule has 0 bridgehead atoms. The molecule has 0 atom stereocenters. The molecule has 8 nitrogen and oxygen atoms in total. The van der Waals surface area contributed by atoms with Crippen LogP contribution in [0.3, 0.4) is 0 Å². The van der Waals surface area contributed by atoms with Gasteiger partial charge in [0.25, 0.3) is 5.69 Å². The zero-order valence-electron chi connectivity index (χ0n) is 10.1. The average molecular weight is 268 g/mol. The van der Waals surface area contributed by atoms with E-state index < -0.39 is 17.0 Å². The number of ether oxygens (including phenoxy) is 1. The first-order valence-corrected chi connectivity index (χ1v) is 5.41. The first kappa shape index (κ1) is 14.4. The maximum Gasteiger partial charge on any atom is 0.411 e. The van der Waals surface area contributed by atoms with E-state index in [1.165, 1.54) is 0 Å². The molecular weight excluding hydrogens is 256 g/mol. The number of carboxylic acid groups (broad SMARTS) is 1. The summed E-state index contributed by atoms with van der Waals surface area (Å²) in [7, 11) is 0. The summed E-state index contributed by atoms with van der Waals surface area (Å²) in [5.74, 6) is -1.38. The van der Waals surface area contributed by atoms with E-state index in [0.29, 0.717) is 6.42 Å². The van der Waals surface area contributed by atoms with Crippen LogP contribution in [0, 0.1) is 10.1 Å². The molecule has 0 aliphatic heterocycles. The highest BCUT2D eigenvalue weighted by Crippen LogP contribution is 2.22. The smallest absolute Gasteiger partial charge is 0.411 e. The molecular formula is C11H12N2O6. The van der Waals surface area contributed by atoms with Gasteiger partial charge in [0.2, 0.25) is 0 Å². The van der Waals surface area contributed by atoms with Crippen LogP contribution in [0.5, 0.6) is 0 Å². The van der Waals surface area contributed by atoms with Gasteiger partial charge in [-0.25, -0.2) is 9.59 Å². The van der Waals surface area contributed by atoms with Crippen molar-refractivity contribution >= 4 is 23.4 Å². The number of hydrogen-bond donors (Lipinski definition) is 2. The van der Waals surface area contributed by atoms with Gasteiger partial charge in [0.15, 0.2) is 0 Å². The van der Waals surface area contributed by atoms with E-state index in [-0.39, 0.29) is 23.5 Å². The molecule has 0 radical (unpaired) electrons. The van der Waals surface area contributed by atoms with Crippen LogP contribution < -0.4 is 5.32 Å². The Hall–Kier alpha value is -2.64. The van der Waals surface area contributed by atoms with Crippen molar-refractivity contribution in [3.05, 3.63) is 33.9 Å². The zero-order chi connectivity index (χ0) is 14.4. The topological polar surface area (TPSA) is 119 Å². The number of carboxylic acids is 1. The summed E-state index contributed by atoms with van der Waals surface area (Å²) in [5.41, 5.74) is -0.799. The first-order chi connectivity index (χ1) is 8.95. The molecule has 0 aliphatic carbocycles. The fourth-order valence-electron chi connectivity index (χ4n) is 1.27. The van der Waals surface area contributed by atoms with Crippen LogP contribution in [0.2, 0.25) is 0 Å². The lowest BCUT2D eigenvalue weighted by Crippen LogP contribution is -2.16. The Morgan fingerprint density at radius 1 is 1.47 bits per heavy atom. The van der Waals surface area contributed by atoms with Crippen LogP contribution in [-0.4, -0.2) is 28.7 Å². The van der Waals surface area contributed by atoms with E-state index in [1.807, 2.05) is 6.92 Å². The van der Waals surface area contributed by atoms with E-state index in [2.05, 4.69) is 5.32 Å². The molecule has 0 aromatic heterocycles. The summed E-state index contributed by atoms with van der Waals surface area (Å²) < 4.78 is 4.73.